The molecular weight excluding hydrogens is 685 g/mol. The maximum absolute atomic E-state index is 15.4. The first-order chi connectivity index (χ1) is 21.2. The number of halogens is 3. The molecule has 3 aromatic rings. The number of alkyl halides is 2. The van der Waals surface area contributed by atoms with Crippen LogP contribution in [0.5, 0.6) is 0 Å². The van der Waals surface area contributed by atoms with Gasteiger partial charge in [0.05, 0.1) is 16.7 Å². The Kier molecular flexibility index (Phi) is 11.5. The normalized spacial score (nSPS) is 13.2. The van der Waals surface area contributed by atoms with Gasteiger partial charge in [0.25, 0.3) is 0 Å². The first kappa shape index (κ1) is 37.2. The molecule has 0 bridgehead atoms. The van der Waals surface area contributed by atoms with Crippen LogP contribution in [0.3, 0.4) is 0 Å². The van der Waals surface area contributed by atoms with Crippen molar-refractivity contribution in [3.8, 4) is 0 Å². The Hall–Kier alpha value is -3.24. The number of carbonyl (C=O) groups excluding carboxylic acids is 3. The third-order valence-corrected chi connectivity index (χ3v) is 9.06. The molecule has 1 atom stereocenters. The lowest BCUT2D eigenvalue weighted by Gasteiger charge is -2.27. The molecule has 0 radical (unpaired) electrons. The molecule has 0 fully saturated rings. The number of ether oxygens (including phenoxy) is 2. The summed E-state index contributed by atoms with van der Waals surface area (Å²) < 4.78 is 53.5. The van der Waals surface area contributed by atoms with Gasteiger partial charge >= 0.3 is 25.2 Å². The summed E-state index contributed by atoms with van der Waals surface area (Å²) in [6, 6.07) is 18.1. The van der Waals surface area contributed by atoms with E-state index in [4.69, 9.17) is 9.47 Å². The van der Waals surface area contributed by atoms with Crippen LogP contribution in [-0.4, -0.2) is 27.5 Å². The van der Waals surface area contributed by atoms with Crippen LogP contribution < -0.4 is 0 Å². The molecular formula is C34H38BrF2O8P. The van der Waals surface area contributed by atoms with E-state index in [9.17, 15) is 28.7 Å². The van der Waals surface area contributed by atoms with Crippen molar-refractivity contribution in [1.29, 1.82) is 0 Å². The molecule has 1 unspecified atom stereocenters. The van der Waals surface area contributed by atoms with Crippen molar-refractivity contribution in [3.05, 3.63) is 105 Å². The quantitative estimate of drug-likeness (QED) is 0.116. The second-order valence-electron chi connectivity index (χ2n) is 13.0. The number of Topliss-reactive ketones (excluding diaryl/α,β-unsaturated/α-hetero) is 1. The molecule has 0 aliphatic rings. The molecule has 2 N–H and O–H groups in total. The van der Waals surface area contributed by atoms with E-state index in [-0.39, 0.29) is 28.9 Å². The average molecular weight is 724 g/mol. The van der Waals surface area contributed by atoms with Gasteiger partial charge < -0.3 is 19.3 Å². The van der Waals surface area contributed by atoms with Crippen LogP contribution in [0.15, 0.2) is 71.2 Å². The molecule has 0 spiro atoms. The maximum Gasteiger partial charge on any atom is 0.399 e. The van der Waals surface area contributed by atoms with Crippen molar-refractivity contribution in [1.82, 2.24) is 0 Å². The summed E-state index contributed by atoms with van der Waals surface area (Å²) in [6.07, 6.45) is -0.122. The summed E-state index contributed by atoms with van der Waals surface area (Å²) in [7, 11) is -6.07. The van der Waals surface area contributed by atoms with Gasteiger partial charge in [0.2, 0.25) is 0 Å². The fourth-order valence-corrected chi connectivity index (χ4v) is 5.85. The molecule has 3 rings (SSSR count). The summed E-state index contributed by atoms with van der Waals surface area (Å²) in [5.41, 5.74) is -6.55. The molecule has 3 aromatic carbocycles. The van der Waals surface area contributed by atoms with Gasteiger partial charge in [0.1, 0.15) is 13.2 Å². The van der Waals surface area contributed by atoms with Crippen molar-refractivity contribution in [2.24, 2.45) is 10.8 Å². The Balaban J connectivity index is 2.34. The van der Waals surface area contributed by atoms with Gasteiger partial charge in [-0.2, -0.15) is 8.78 Å². The third kappa shape index (κ3) is 8.76. The molecule has 0 saturated carbocycles. The van der Waals surface area contributed by atoms with Gasteiger partial charge in [-0.1, -0.05) is 60.7 Å². The van der Waals surface area contributed by atoms with Crippen molar-refractivity contribution < 1.29 is 47.0 Å². The zero-order chi connectivity index (χ0) is 34.7. The number of hydrogen-bond acceptors (Lipinski definition) is 6. The maximum atomic E-state index is 15.4. The lowest BCUT2D eigenvalue weighted by molar-refractivity contribution is -0.154. The predicted octanol–water partition coefficient (Wildman–Crippen LogP) is 8.06. The van der Waals surface area contributed by atoms with E-state index >= 15 is 8.78 Å². The van der Waals surface area contributed by atoms with Crippen molar-refractivity contribution >= 4 is 41.2 Å². The zero-order valence-electron chi connectivity index (χ0n) is 26.5. The summed E-state index contributed by atoms with van der Waals surface area (Å²) >= 11 is 3.13. The van der Waals surface area contributed by atoms with Crippen LogP contribution in [0.4, 0.5) is 8.78 Å². The molecule has 0 aliphatic heterocycles. The monoisotopic (exact) mass is 722 g/mol. The standard InChI is InChI=1S/C34H38BrF2O8P/c1-32(2,3)30(39)44-19-23-17-27(34(36,37)46(41,42)43)28(35)26(20-45-31(40)33(4,5)6)24(23)18-25(21-13-9-7-10-14-21)29(38)22-15-11-8-12-16-22/h7-17,25H,18-20H2,1-6H3,(H2,41,42,43). The number of ketones is 1. The van der Waals surface area contributed by atoms with Gasteiger partial charge in [-0.3, -0.25) is 18.9 Å². The van der Waals surface area contributed by atoms with Gasteiger partial charge in [0.15, 0.2) is 5.78 Å². The molecule has 0 aromatic heterocycles. The summed E-state index contributed by atoms with van der Waals surface area (Å²) in [6.45, 7) is 8.47. The Bertz CT molecular complexity index is 1620. The second-order valence-corrected chi connectivity index (χ2v) is 15.4. The highest BCUT2D eigenvalue weighted by atomic mass is 79.9. The van der Waals surface area contributed by atoms with E-state index < -0.39 is 65.2 Å². The van der Waals surface area contributed by atoms with Crippen molar-refractivity contribution in [3.63, 3.8) is 0 Å². The zero-order valence-corrected chi connectivity index (χ0v) is 29.0. The van der Waals surface area contributed by atoms with E-state index in [2.05, 4.69) is 15.9 Å². The highest BCUT2D eigenvalue weighted by molar-refractivity contribution is 9.10. The average Bonchev–Trinajstić information content (AvgIpc) is 2.97. The number of rotatable bonds is 11. The lowest BCUT2D eigenvalue weighted by atomic mass is 9.82. The van der Waals surface area contributed by atoms with E-state index in [1.54, 1.807) is 102 Å². The summed E-state index contributed by atoms with van der Waals surface area (Å²) in [5, 5.41) is 0. The van der Waals surface area contributed by atoms with E-state index in [0.717, 1.165) is 6.07 Å². The molecule has 12 heteroatoms. The van der Waals surface area contributed by atoms with Crippen LogP contribution >= 0.6 is 23.5 Å². The second kappa shape index (κ2) is 14.3. The van der Waals surface area contributed by atoms with Gasteiger partial charge in [-0.25, -0.2) is 0 Å². The highest BCUT2D eigenvalue weighted by Crippen LogP contribution is 2.61. The first-order valence-corrected chi connectivity index (χ1v) is 16.8. The Morgan fingerprint density at radius 1 is 0.804 bits per heavy atom. The molecule has 248 valence electrons. The fraction of sp³-hybridized carbons (Fsp3) is 0.382. The lowest BCUT2D eigenvalue weighted by Crippen LogP contribution is -2.26. The first-order valence-electron chi connectivity index (χ1n) is 14.4. The van der Waals surface area contributed by atoms with Gasteiger partial charge in [-0.05, 0) is 86.6 Å². The largest absolute Gasteiger partial charge is 0.460 e. The molecule has 0 saturated heterocycles. The minimum absolute atomic E-state index is 0.0347. The Morgan fingerprint density at radius 2 is 1.28 bits per heavy atom. The van der Waals surface area contributed by atoms with Gasteiger partial charge in [0, 0.05) is 21.2 Å². The van der Waals surface area contributed by atoms with Crippen molar-refractivity contribution in [2.75, 3.05) is 0 Å². The molecule has 0 amide bonds. The number of esters is 2. The van der Waals surface area contributed by atoms with E-state index in [1.807, 2.05) is 0 Å². The third-order valence-electron chi connectivity index (χ3n) is 7.18. The highest BCUT2D eigenvalue weighted by Gasteiger charge is 2.52. The van der Waals surface area contributed by atoms with E-state index in [1.165, 1.54) is 0 Å². The van der Waals surface area contributed by atoms with Crippen LogP contribution in [0.25, 0.3) is 0 Å². The number of carbonyl (C=O) groups is 3. The van der Waals surface area contributed by atoms with Gasteiger partial charge in [-0.15, -0.1) is 0 Å². The van der Waals surface area contributed by atoms with Crippen molar-refractivity contribution in [2.45, 2.75) is 72.8 Å². The number of hydrogen-bond donors (Lipinski definition) is 2. The summed E-state index contributed by atoms with van der Waals surface area (Å²) in [4.78, 5) is 58.9. The SMILES string of the molecule is CC(C)(C)C(=O)OCc1cc(C(F)(F)P(=O)(O)O)c(Br)c(COC(=O)C(C)(C)C)c1CC(C(=O)c1ccccc1)c1ccccc1. The summed E-state index contributed by atoms with van der Waals surface area (Å²) in [5.74, 6) is -2.50. The Morgan fingerprint density at radius 3 is 1.76 bits per heavy atom. The Labute approximate surface area is 275 Å². The smallest absolute Gasteiger partial charge is 0.399 e. The van der Waals surface area contributed by atoms with E-state index in [0.29, 0.717) is 11.1 Å². The number of benzene rings is 3. The molecule has 8 nitrogen and oxygen atoms in total. The van der Waals surface area contributed by atoms with Crippen LogP contribution in [-0.2, 0) is 48.9 Å². The molecule has 0 heterocycles. The predicted molar refractivity (Wildman–Crippen MR) is 172 cm³/mol. The van der Waals surface area contributed by atoms with Crippen LogP contribution in [0, 0.1) is 10.8 Å². The molecule has 46 heavy (non-hydrogen) atoms. The van der Waals surface area contributed by atoms with Crippen LogP contribution in [0.1, 0.15) is 85.6 Å². The minimum atomic E-state index is -6.07. The molecule has 0 aliphatic carbocycles. The topological polar surface area (TPSA) is 127 Å². The fourth-order valence-electron chi connectivity index (χ4n) is 4.49. The minimum Gasteiger partial charge on any atom is -0.460 e. The van der Waals surface area contributed by atoms with Crippen LogP contribution in [0.2, 0.25) is 0 Å².